The fourth-order valence-electron chi connectivity index (χ4n) is 0.904. The molecule has 0 saturated heterocycles. The van der Waals surface area contributed by atoms with Gasteiger partial charge in [0, 0.05) is 0 Å². The third kappa shape index (κ3) is 4.13. The highest BCUT2D eigenvalue weighted by molar-refractivity contribution is 6.71. The molecule has 14 heavy (non-hydrogen) atoms. The molecule has 0 spiro atoms. The summed E-state index contributed by atoms with van der Waals surface area (Å²) >= 11 is 0. The van der Waals surface area contributed by atoms with E-state index >= 15 is 0 Å². The number of rotatable bonds is 3. The molecule has 0 aliphatic heterocycles. The van der Waals surface area contributed by atoms with E-state index in [1.807, 2.05) is 12.1 Å². The molecule has 1 rings (SSSR count). The van der Waals surface area contributed by atoms with Gasteiger partial charge in [-0.05, 0) is 31.8 Å². The average Bonchev–Trinajstić information content (AvgIpc) is 2.49. The van der Waals surface area contributed by atoms with Gasteiger partial charge in [-0.3, -0.25) is 0 Å². The van der Waals surface area contributed by atoms with E-state index in [1.54, 1.807) is 6.26 Å². The highest BCUT2D eigenvalue weighted by atomic mass is 28.4. The molecule has 0 bridgehead atoms. The van der Waals surface area contributed by atoms with Gasteiger partial charge in [0.1, 0.15) is 12.3 Å². The van der Waals surface area contributed by atoms with Gasteiger partial charge in [0.15, 0.2) is 0 Å². The van der Waals surface area contributed by atoms with Crippen LogP contribution in [0, 0.1) is 0 Å². The maximum atomic E-state index is 5.60. The lowest BCUT2D eigenvalue weighted by atomic mass is 10.5. The smallest absolute Gasteiger partial charge is 0.268 e. The Morgan fingerprint density at radius 3 is 2.79 bits per heavy atom. The Balaban J connectivity index is 2.45. The number of furan rings is 1. The number of hydrogen-bond donors (Lipinski definition) is 1. The lowest BCUT2D eigenvalue weighted by molar-refractivity contribution is 0.501. The van der Waals surface area contributed by atoms with Crippen molar-refractivity contribution in [1.29, 1.82) is 0 Å². The Hall–Kier alpha value is -1.23. The van der Waals surface area contributed by atoms with Crippen molar-refractivity contribution in [2.75, 3.05) is 0 Å². The molecular formula is C9H16N2O2Si. The topological polar surface area (TPSA) is 60.8 Å². The Labute approximate surface area is 84.9 Å². The van der Waals surface area contributed by atoms with Crippen LogP contribution in [0.15, 0.2) is 27.8 Å². The zero-order valence-corrected chi connectivity index (χ0v) is 9.78. The van der Waals surface area contributed by atoms with E-state index in [1.165, 1.54) is 0 Å². The second-order valence-corrected chi connectivity index (χ2v) is 8.38. The second kappa shape index (κ2) is 4.32. The number of hydrogen-bond acceptors (Lipinski definition) is 3. The van der Waals surface area contributed by atoms with Gasteiger partial charge in [0.05, 0.1) is 6.26 Å². The molecule has 1 aromatic rings. The van der Waals surface area contributed by atoms with Gasteiger partial charge in [0.25, 0.3) is 6.02 Å². The quantitative estimate of drug-likeness (QED) is 0.473. The van der Waals surface area contributed by atoms with Crippen LogP contribution in [0.5, 0.6) is 0 Å². The van der Waals surface area contributed by atoms with E-state index in [4.69, 9.17) is 14.6 Å². The lowest BCUT2D eigenvalue weighted by Gasteiger charge is -2.17. The van der Waals surface area contributed by atoms with Crippen molar-refractivity contribution in [1.82, 2.24) is 0 Å². The van der Waals surface area contributed by atoms with E-state index in [0.717, 1.165) is 5.76 Å². The zero-order chi connectivity index (χ0) is 10.6. The van der Waals surface area contributed by atoms with Crippen molar-refractivity contribution in [3.8, 4) is 0 Å². The van der Waals surface area contributed by atoms with E-state index in [9.17, 15) is 0 Å². The lowest BCUT2D eigenvalue weighted by Crippen LogP contribution is -2.33. The average molecular weight is 212 g/mol. The van der Waals surface area contributed by atoms with Crippen molar-refractivity contribution >= 4 is 14.3 Å². The standard InChI is InChI=1S/C9H16N2O2Si/c1-14(2,3)13-9(10)11-7-8-5-4-6-12-8/h4-6H,7H2,1-3H3,(H2,10,11). The first kappa shape index (κ1) is 10.8. The third-order valence-electron chi connectivity index (χ3n) is 1.38. The summed E-state index contributed by atoms with van der Waals surface area (Å²) in [6.07, 6.45) is 1.61. The molecule has 0 unspecified atom stereocenters. The summed E-state index contributed by atoms with van der Waals surface area (Å²) < 4.78 is 10.6. The highest BCUT2D eigenvalue weighted by Gasteiger charge is 2.16. The Morgan fingerprint density at radius 2 is 2.29 bits per heavy atom. The molecule has 0 aromatic carbocycles. The van der Waals surface area contributed by atoms with Gasteiger partial charge in [-0.2, -0.15) is 0 Å². The van der Waals surface area contributed by atoms with Crippen LogP contribution in [0.25, 0.3) is 0 Å². The van der Waals surface area contributed by atoms with Gasteiger partial charge in [-0.25, -0.2) is 4.99 Å². The van der Waals surface area contributed by atoms with E-state index in [0.29, 0.717) is 6.54 Å². The van der Waals surface area contributed by atoms with Crippen molar-refractivity contribution < 1.29 is 8.84 Å². The van der Waals surface area contributed by atoms with Crippen LogP contribution >= 0.6 is 0 Å². The Kier molecular flexibility index (Phi) is 3.35. The van der Waals surface area contributed by atoms with E-state index in [2.05, 4.69) is 24.6 Å². The van der Waals surface area contributed by atoms with E-state index in [-0.39, 0.29) is 6.02 Å². The van der Waals surface area contributed by atoms with Crippen molar-refractivity contribution in [2.24, 2.45) is 10.7 Å². The van der Waals surface area contributed by atoms with Crippen LogP contribution in [0.3, 0.4) is 0 Å². The summed E-state index contributed by atoms with van der Waals surface area (Å²) in [5.74, 6) is 0.784. The van der Waals surface area contributed by atoms with Crippen LogP contribution in [0.4, 0.5) is 0 Å². The van der Waals surface area contributed by atoms with Crippen LogP contribution in [-0.4, -0.2) is 14.3 Å². The number of nitrogens with zero attached hydrogens (tertiary/aromatic N) is 1. The molecular weight excluding hydrogens is 196 g/mol. The number of amidine groups is 1. The molecule has 0 aliphatic rings. The fourth-order valence-corrected chi connectivity index (χ4v) is 1.60. The van der Waals surface area contributed by atoms with Crippen LogP contribution in [-0.2, 0) is 11.0 Å². The summed E-state index contributed by atoms with van der Waals surface area (Å²) in [4.78, 5) is 4.07. The first-order valence-corrected chi connectivity index (χ1v) is 7.89. The normalized spacial score (nSPS) is 12.9. The third-order valence-corrected chi connectivity index (χ3v) is 2.20. The Bertz CT molecular complexity index is 301. The fraction of sp³-hybridized carbons (Fsp3) is 0.444. The zero-order valence-electron chi connectivity index (χ0n) is 8.78. The minimum atomic E-state index is -1.63. The molecule has 0 radical (unpaired) electrons. The first-order chi connectivity index (χ1) is 6.47. The first-order valence-electron chi connectivity index (χ1n) is 4.49. The second-order valence-electron chi connectivity index (χ2n) is 3.95. The summed E-state index contributed by atoms with van der Waals surface area (Å²) in [6.45, 7) is 6.61. The van der Waals surface area contributed by atoms with Gasteiger partial charge in [0.2, 0.25) is 8.32 Å². The molecule has 1 heterocycles. The Morgan fingerprint density at radius 1 is 1.57 bits per heavy atom. The van der Waals surface area contributed by atoms with Crippen molar-refractivity contribution in [3.05, 3.63) is 24.2 Å². The van der Waals surface area contributed by atoms with Gasteiger partial charge < -0.3 is 14.6 Å². The monoisotopic (exact) mass is 212 g/mol. The highest BCUT2D eigenvalue weighted by Crippen LogP contribution is 2.04. The summed E-state index contributed by atoms with van der Waals surface area (Å²) in [6, 6.07) is 3.92. The summed E-state index contributed by atoms with van der Waals surface area (Å²) in [7, 11) is -1.63. The molecule has 78 valence electrons. The number of aliphatic imine (C=N–C) groups is 1. The van der Waals surface area contributed by atoms with Gasteiger partial charge in [-0.15, -0.1) is 0 Å². The predicted molar refractivity (Wildman–Crippen MR) is 58.5 cm³/mol. The minimum absolute atomic E-state index is 0.251. The number of nitrogens with two attached hydrogens (primary N) is 1. The van der Waals surface area contributed by atoms with Gasteiger partial charge >= 0.3 is 0 Å². The minimum Gasteiger partial charge on any atom is -0.520 e. The summed E-state index contributed by atoms with van der Waals surface area (Å²) in [5.41, 5.74) is 5.60. The molecule has 2 N–H and O–H groups in total. The molecule has 5 heteroatoms. The SMILES string of the molecule is C[Si](C)(C)OC(N)=NCc1ccco1. The van der Waals surface area contributed by atoms with Crippen LogP contribution in [0.1, 0.15) is 5.76 Å². The van der Waals surface area contributed by atoms with Crippen LogP contribution in [0.2, 0.25) is 19.6 Å². The van der Waals surface area contributed by atoms with Crippen LogP contribution < -0.4 is 5.73 Å². The van der Waals surface area contributed by atoms with Gasteiger partial charge in [-0.1, -0.05) is 0 Å². The van der Waals surface area contributed by atoms with Crippen molar-refractivity contribution in [3.63, 3.8) is 0 Å². The van der Waals surface area contributed by atoms with Crippen molar-refractivity contribution in [2.45, 2.75) is 26.2 Å². The molecule has 0 fully saturated rings. The maximum Gasteiger partial charge on any atom is 0.268 e. The molecule has 0 saturated carbocycles. The molecule has 0 amide bonds. The largest absolute Gasteiger partial charge is 0.520 e. The predicted octanol–water partition coefficient (Wildman–Crippen LogP) is 1.95. The molecule has 0 atom stereocenters. The molecule has 1 aromatic heterocycles. The van der Waals surface area contributed by atoms with E-state index < -0.39 is 8.32 Å². The summed E-state index contributed by atoms with van der Waals surface area (Å²) in [5, 5.41) is 0. The molecule has 0 aliphatic carbocycles. The maximum absolute atomic E-state index is 5.60. The molecule has 4 nitrogen and oxygen atoms in total.